The number of anilines is 3. The number of ether oxygens (including phenoxy) is 1. The van der Waals surface area contributed by atoms with Gasteiger partial charge in [-0.1, -0.05) is 35.9 Å². The summed E-state index contributed by atoms with van der Waals surface area (Å²) in [6.45, 7) is 0. The lowest BCUT2D eigenvalue weighted by atomic mass is 10.1. The van der Waals surface area contributed by atoms with Crippen molar-refractivity contribution in [3.8, 4) is 22.9 Å². The van der Waals surface area contributed by atoms with Crippen molar-refractivity contribution in [3.63, 3.8) is 0 Å². The Kier molecular flexibility index (Phi) is 6.80. The van der Waals surface area contributed by atoms with Gasteiger partial charge in [0.05, 0.1) is 33.7 Å². The highest BCUT2D eigenvalue weighted by Crippen LogP contribution is 2.29. The summed E-state index contributed by atoms with van der Waals surface area (Å²) in [7, 11) is -3.51. The van der Waals surface area contributed by atoms with Gasteiger partial charge in [0.1, 0.15) is 11.6 Å². The summed E-state index contributed by atoms with van der Waals surface area (Å²) in [6, 6.07) is 14.3. The van der Waals surface area contributed by atoms with E-state index >= 15 is 0 Å². The number of para-hydroxylation sites is 1. The zero-order valence-electron chi connectivity index (χ0n) is 18.3. The molecule has 0 bridgehead atoms. The van der Waals surface area contributed by atoms with Crippen LogP contribution in [0.25, 0.3) is 11.1 Å². The Bertz CT molecular complexity index is 1480. The molecule has 2 aromatic heterocycles. The molecule has 4 N–H and O–H groups in total. The number of benzene rings is 2. The molecule has 178 valence electrons. The molecule has 0 aliphatic rings. The van der Waals surface area contributed by atoms with Gasteiger partial charge in [0.2, 0.25) is 0 Å². The van der Waals surface area contributed by atoms with Gasteiger partial charge in [0, 0.05) is 18.0 Å². The summed E-state index contributed by atoms with van der Waals surface area (Å²) in [5.74, 6) is 0.844. The van der Waals surface area contributed by atoms with Gasteiger partial charge in [-0.25, -0.2) is 28.2 Å². The summed E-state index contributed by atoms with van der Waals surface area (Å²) in [4.78, 5) is 24.5. The molecule has 0 aliphatic heterocycles. The van der Waals surface area contributed by atoms with Crippen molar-refractivity contribution in [3.05, 3.63) is 78.2 Å². The van der Waals surface area contributed by atoms with Crippen LogP contribution in [0.15, 0.2) is 78.1 Å². The summed E-state index contributed by atoms with van der Waals surface area (Å²) < 4.78 is 29.4. The number of urea groups is 1. The minimum Gasteiger partial charge on any atom is -0.424 e. The van der Waals surface area contributed by atoms with E-state index in [2.05, 4.69) is 25.6 Å². The second-order valence-corrected chi connectivity index (χ2v) is 9.74. The normalized spacial score (nSPS) is 11.0. The van der Waals surface area contributed by atoms with Crippen LogP contribution in [0.4, 0.5) is 22.0 Å². The van der Waals surface area contributed by atoms with Crippen LogP contribution in [-0.2, 0) is 9.84 Å². The van der Waals surface area contributed by atoms with Gasteiger partial charge in [-0.2, -0.15) is 0 Å². The average Bonchev–Trinajstić information content (AvgIpc) is 2.82. The fraction of sp³-hybridized carbons (Fsp3) is 0.0435. The molecule has 0 saturated heterocycles. The van der Waals surface area contributed by atoms with E-state index in [0.717, 1.165) is 11.8 Å². The Morgan fingerprint density at radius 1 is 0.971 bits per heavy atom. The molecular weight excluding hydrogens is 492 g/mol. The molecule has 2 aromatic carbocycles. The van der Waals surface area contributed by atoms with Crippen molar-refractivity contribution in [2.45, 2.75) is 4.90 Å². The third-order valence-electron chi connectivity index (χ3n) is 4.68. The zero-order chi connectivity index (χ0) is 25.0. The maximum absolute atomic E-state index is 12.3. The predicted octanol–water partition coefficient (Wildman–Crippen LogP) is 4.61. The first-order chi connectivity index (χ1) is 16.7. The van der Waals surface area contributed by atoms with E-state index in [9.17, 15) is 13.2 Å². The number of amides is 2. The van der Waals surface area contributed by atoms with E-state index in [-0.39, 0.29) is 22.3 Å². The number of hydrogen-bond acceptors (Lipinski definition) is 8. The Morgan fingerprint density at radius 3 is 2.34 bits per heavy atom. The van der Waals surface area contributed by atoms with E-state index in [1.54, 1.807) is 42.5 Å². The maximum Gasteiger partial charge on any atom is 0.323 e. The number of carbonyl (C=O) groups excluding carboxylic acids is 1. The quantitative estimate of drug-likeness (QED) is 0.340. The highest BCUT2D eigenvalue weighted by Gasteiger charge is 2.15. The summed E-state index contributed by atoms with van der Waals surface area (Å²) in [5, 5.41) is 5.53. The molecule has 35 heavy (non-hydrogen) atoms. The second kappa shape index (κ2) is 9.95. The predicted molar refractivity (Wildman–Crippen MR) is 133 cm³/mol. The molecule has 0 unspecified atom stereocenters. The standard InChI is InChI=1S/C23H19ClN6O4S/c1-35(32,33)20-5-3-2-4-19(20)30-22(31)29-16-12-27-23(28-13-16)34-17-8-6-14(7-9-17)18-10-15(24)11-26-21(18)25/h2-13H,1H3,(H2,25,26)(H2,29,30,31). The molecule has 0 atom stereocenters. The lowest BCUT2D eigenvalue weighted by Crippen LogP contribution is -2.21. The molecule has 2 heterocycles. The molecule has 0 fully saturated rings. The third kappa shape index (κ3) is 6.02. The van der Waals surface area contributed by atoms with Gasteiger partial charge >= 0.3 is 12.0 Å². The molecule has 10 nitrogen and oxygen atoms in total. The Labute approximate surface area is 206 Å². The zero-order valence-corrected chi connectivity index (χ0v) is 19.8. The minimum absolute atomic E-state index is 0.00970. The SMILES string of the molecule is CS(=O)(=O)c1ccccc1NC(=O)Nc1cnc(Oc2ccc(-c3cc(Cl)cnc3N)cc2)nc1. The molecule has 2 amide bonds. The monoisotopic (exact) mass is 510 g/mol. The number of rotatable bonds is 6. The van der Waals surface area contributed by atoms with Crippen molar-refractivity contribution in [1.82, 2.24) is 15.0 Å². The Balaban J connectivity index is 1.39. The van der Waals surface area contributed by atoms with E-state index in [0.29, 0.717) is 22.2 Å². The highest BCUT2D eigenvalue weighted by atomic mass is 35.5. The average molecular weight is 511 g/mol. The van der Waals surface area contributed by atoms with Crippen LogP contribution in [-0.4, -0.2) is 35.7 Å². The van der Waals surface area contributed by atoms with Crippen LogP contribution < -0.4 is 21.1 Å². The van der Waals surface area contributed by atoms with Crippen LogP contribution in [0.5, 0.6) is 11.8 Å². The Hall–Kier alpha value is -4.22. The summed E-state index contributed by atoms with van der Waals surface area (Å²) in [6.07, 6.45) is 5.26. The number of sulfone groups is 1. The van der Waals surface area contributed by atoms with Crippen molar-refractivity contribution < 1.29 is 17.9 Å². The number of nitrogens with zero attached hydrogens (tertiary/aromatic N) is 3. The van der Waals surface area contributed by atoms with Gasteiger partial charge in [-0.3, -0.25) is 0 Å². The lowest BCUT2D eigenvalue weighted by Gasteiger charge is -2.11. The molecule has 4 rings (SSSR count). The first-order valence-electron chi connectivity index (χ1n) is 10.1. The van der Waals surface area contributed by atoms with Gasteiger partial charge < -0.3 is 21.1 Å². The number of nitrogen functional groups attached to an aromatic ring is 1. The van der Waals surface area contributed by atoms with Crippen molar-refractivity contribution in [2.75, 3.05) is 22.6 Å². The first-order valence-corrected chi connectivity index (χ1v) is 12.3. The van der Waals surface area contributed by atoms with E-state index in [1.807, 2.05) is 0 Å². The number of nitrogens with two attached hydrogens (primary N) is 1. The van der Waals surface area contributed by atoms with Crippen molar-refractivity contribution in [2.24, 2.45) is 0 Å². The molecule has 12 heteroatoms. The Morgan fingerprint density at radius 2 is 1.66 bits per heavy atom. The fourth-order valence-corrected chi connectivity index (χ4v) is 4.10. The van der Waals surface area contributed by atoms with Crippen LogP contribution >= 0.6 is 11.6 Å². The topological polar surface area (TPSA) is 149 Å². The van der Waals surface area contributed by atoms with Gasteiger partial charge in [-0.05, 0) is 35.9 Å². The molecule has 0 saturated carbocycles. The van der Waals surface area contributed by atoms with E-state index < -0.39 is 15.9 Å². The number of nitrogens with one attached hydrogen (secondary N) is 2. The molecular formula is C23H19ClN6O4S. The van der Waals surface area contributed by atoms with Crippen molar-refractivity contribution >= 4 is 44.7 Å². The number of pyridine rings is 1. The minimum atomic E-state index is -3.51. The third-order valence-corrected chi connectivity index (χ3v) is 6.04. The smallest absolute Gasteiger partial charge is 0.323 e. The van der Waals surface area contributed by atoms with Gasteiger partial charge in [0.25, 0.3) is 0 Å². The molecule has 0 spiro atoms. The fourth-order valence-electron chi connectivity index (χ4n) is 3.10. The van der Waals surface area contributed by atoms with Crippen LogP contribution in [0.2, 0.25) is 5.02 Å². The number of halogens is 1. The largest absolute Gasteiger partial charge is 0.424 e. The van der Waals surface area contributed by atoms with Crippen LogP contribution in [0.1, 0.15) is 0 Å². The van der Waals surface area contributed by atoms with E-state index in [1.165, 1.54) is 30.7 Å². The summed E-state index contributed by atoms with van der Waals surface area (Å²) in [5.41, 5.74) is 7.88. The molecule has 4 aromatic rings. The second-order valence-electron chi connectivity index (χ2n) is 7.31. The van der Waals surface area contributed by atoms with Crippen molar-refractivity contribution in [1.29, 1.82) is 0 Å². The van der Waals surface area contributed by atoms with Gasteiger partial charge in [-0.15, -0.1) is 0 Å². The highest BCUT2D eigenvalue weighted by molar-refractivity contribution is 7.90. The van der Waals surface area contributed by atoms with Gasteiger partial charge in [0.15, 0.2) is 9.84 Å². The first kappa shape index (κ1) is 23.9. The molecule has 0 radical (unpaired) electrons. The number of carbonyl (C=O) groups is 1. The molecule has 0 aliphatic carbocycles. The lowest BCUT2D eigenvalue weighted by molar-refractivity contribution is 0.262. The summed E-state index contributed by atoms with van der Waals surface area (Å²) >= 11 is 6.00. The van der Waals surface area contributed by atoms with E-state index in [4.69, 9.17) is 22.1 Å². The van der Waals surface area contributed by atoms with Crippen LogP contribution in [0.3, 0.4) is 0 Å². The number of hydrogen-bond donors (Lipinski definition) is 3. The maximum atomic E-state index is 12.3. The van der Waals surface area contributed by atoms with Crippen LogP contribution in [0, 0.1) is 0 Å². The number of aromatic nitrogens is 3.